The fraction of sp³-hybridized carbons (Fsp3) is 0.778. The van der Waals surface area contributed by atoms with Crippen LogP contribution in [0.25, 0.3) is 0 Å². The third kappa shape index (κ3) is 3.92. The van der Waals surface area contributed by atoms with Crippen molar-refractivity contribution in [2.75, 3.05) is 14.1 Å². The number of hydrogen-bond acceptors (Lipinski definition) is 2. The Balaban J connectivity index is 4.08. The van der Waals surface area contributed by atoms with Crippen LogP contribution in [0.5, 0.6) is 0 Å². The van der Waals surface area contributed by atoms with Crippen LogP contribution in [0, 0.1) is 5.92 Å². The highest BCUT2D eigenvalue weighted by molar-refractivity contribution is 5.87. The quantitative estimate of drug-likeness (QED) is 0.686. The largest absolute Gasteiger partial charge is 0.347 e. The summed E-state index contributed by atoms with van der Waals surface area (Å²) in [7, 11) is 3.33. The zero-order chi connectivity index (χ0) is 10.6. The van der Waals surface area contributed by atoms with Crippen molar-refractivity contribution < 1.29 is 9.59 Å². The molecule has 0 aliphatic carbocycles. The Hall–Kier alpha value is -1.06. The van der Waals surface area contributed by atoms with Crippen LogP contribution < -0.4 is 5.32 Å². The standard InChI is InChI=1S/C9H18N2O2/c1-6(2)8(12)10-7(3)9(13)11(4)5/h6-7H,1-5H3,(H,10,12)/t7-/m1/s1. The van der Waals surface area contributed by atoms with Crippen LogP contribution in [0.15, 0.2) is 0 Å². The molecule has 1 N–H and O–H groups in total. The number of amides is 2. The van der Waals surface area contributed by atoms with E-state index < -0.39 is 6.04 Å². The highest BCUT2D eigenvalue weighted by Gasteiger charge is 2.18. The van der Waals surface area contributed by atoms with Gasteiger partial charge in [-0.2, -0.15) is 0 Å². The first kappa shape index (κ1) is 11.9. The fourth-order valence-corrected chi connectivity index (χ4v) is 0.829. The van der Waals surface area contributed by atoms with Crippen molar-refractivity contribution in [3.8, 4) is 0 Å². The highest BCUT2D eigenvalue weighted by atomic mass is 16.2. The van der Waals surface area contributed by atoms with Gasteiger partial charge in [0.25, 0.3) is 0 Å². The van der Waals surface area contributed by atoms with E-state index in [2.05, 4.69) is 5.32 Å². The molecule has 0 unspecified atom stereocenters. The minimum Gasteiger partial charge on any atom is -0.347 e. The highest BCUT2D eigenvalue weighted by Crippen LogP contribution is 1.94. The Bertz CT molecular complexity index is 200. The van der Waals surface area contributed by atoms with Crippen molar-refractivity contribution in [3.63, 3.8) is 0 Å². The summed E-state index contributed by atoms with van der Waals surface area (Å²) < 4.78 is 0. The van der Waals surface area contributed by atoms with E-state index in [0.717, 1.165) is 0 Å². The smallest absolute Gasteiger partial charge is 0.244 e. The van der Waals surface area contributed by atoms with Crippen LogP contribution in [-0.2, 0) is 9.59 Å². The molecule has 0 saturated heterocycles. The second kappa shape index (κ2) is 4.84. The summed E-state index contributed by atoms with van der Waals surface area (Å²) in [6, 6.07) is -0.440. The molecule has 0 aliphatic heterocycles. The predicted molar refractivity (Wildman–Crippen MR) is 51.1 cm³/mol. The lowest BCUT2D eigenvalue weighted by atomic mass is 10.2. The Kier molecular flexibility index (Phi) is 4.45. The van der Waals surface area contributed by atoms with Crippen molar-refractivity contribution >= 4 is 11.8 Å². The number of carbonyl (C=O) groups is 2. The number of hydrogen-bond donors (Lipinski definition) is 1. The Morgan fingerprint density at radius 2 is 1.62 bits per heavy atom. The molecule has 0 aromatic heterocycles. The van der Waals surface area contributed by atoms with Gasteiger partial charge in [0, 0.05) is 20.0 Å². The number of nitrogens with zero attached hydrogens (tertiary/aromatic N) is 1. The molecule has 0 spiro atoms. The first-order chi connectivity index (χ1) is 5.86. The molecule has 0 fully saturated rings. The lowest BCUT2D eigenvalue weighted by Crippen LogP contribution is -2.45. The lowest BCUT2D eigenvalue weighted by molar-refractivity contribution is -0.134. The molecule has 0 heterocycles. The summed E-state index contributed by atoms with van der Waals surface area (Å²) in [6.45, 7) is 5.27. The van der Waals surface area contributed by atoms with Gasteiger partial charge in [-0.25, -0.2) is 0 Å². The third-order valence-corrected chi connectivity index (χ3v) is 1.69. The Morgan fingerprint density at radius 3 is 1.92 bits per heavy atom. The molecule has 1 atom stereocenters. The van der Waals surface area contributed by atoms with Crippen molar-refractivity contribution in [3.05, 3.63) is 0 Å². The van der Waals surface area contributed by atoms with Crippen LogP contribution in [0.1, 0.15) is 20.8 Å². The first-order valence-electron chi connectivity index (χ1n) is 4.37. The van der Waals surface area contributed by atoms with Crippen molar-refractivity contribution in [1.82, 2.24) is 10.2 Å². The van der Waals surface area contributed by atoms with Crippen molar-refractivity contribution in [2.24, 2.45) is 5.92 Å². The second-order valence-electron chi connectivity index (χ2n) is 3.62. The summed E-state index contributed by atoms with van der Waals surface area (Å²) in [6.07, 6.45) is 0. The molecule has 13 heavy (non-hydrogen) atoms. The SMILES string of the molecule is CC(C)C(=O)N[C@H](C)C(=O)N(C)C. The van der Waals surface area contributed by atoms with Crippen LogP contribution in [0.4, 0.5) is 0 Å². The van der Waals surface area contributed by atoms with E-state index in [4.69, 9.17) is 0 Å². The molecule has 0 saturated carbocycles. The van der Waals surface area contributed by atoms with Crippen LogP contribution in [0.2, 0.25) is 0 Å². The first-order valence-corrected chi connectivity index (χ1v) is 4.37. The van der Waals surface area contributed by atoms with Gasteiger partial charge in [0.05, 0.1) is 0 Å². The number of likely N-dealkylation sites (N-methyl/N-ethyl adjacent to an activating group) is 1. The fourth-order valence-electron chi connectivity index (χ4n) is 0.829. The maximum Gasteiger partial charge on any atom is 0.244 e. The van der Waals surface area contributed by atoms with E-state index in [9.17, 15) is 9.59 Å². The van der Waals surface area contributed by atoms with Gasteiger partial charge in [0.2, 0.25) is 11.8 Å². The molecule has 4 nitrogen and oxygen atoms in total. The van der Waals surface area contributed by atoms with E-state index in [1.165, 1.54) is 4.90 Å². The maximum atomic E-state index is 11.3. The summed E-state index contributed by atoms with van der Waals surface area (Å²) in [5.41, 5.74) is 0. The van der Waals surface area contributed by atoms with Gasteiger partial charge in [-0.1, -0.05) is 13.8 Å². The average molecular weight is 186 g/mol. The van der Waals surface area contributed by atoms with E-state index in [-0.39, 0.29) is 17.7 Å². The molecular weight excluding hydrogens is 168 g/mol. The molecule has 0 aromatic rings. The zero-order valence-electron chi connectivity index (χ0n) is 8.92. The summed E-state index contributed by atoms with van der Waals surface area (Å²) in [5, 5.41) is 2.63. The van der Waals surface area contributed by atoms with E-state index in [1.807, 2.05) is 0 Å². The monoisotopic (exact) mass is 186 g/mol. The molecule has 76 valence electrons. The number of rotatable bonds is 3. The van der Waals surface area contributed by atoms with Gasteiger partial charge in [0.1, 0.15) is 6.04 Å². The molecule has 4 heteroatoms. The van der Waals surface area contributed by atoms with Gasteiger partial charge in [-0.15, -0.1) is 0 Å². The number of carbonyl (C=O) groups excluding carboxylic acids is 2. The van der Waals surface area contributed by atoms with Gasteiger partial charge in [0.15, 0.2) is 0 Å². The van der Waals surface area contributed by atoms with Gasteiger partial charge in [-0.05, 0) is 6.92 Å². The Morgan fingerprint density at radius 1 is 1.15 bits per heavy atom. The van der Waals surface area contributed by atoms with Gasteiger partial charge in [-0.3, -0.25) is 9.59 Å². The van der Waals surface area contributed by atoms with Gasteiger partial charge < -0.3 is 10.2 Å². The van der Waals surface area contributed by atoms with E-state index in [0.29, 0.717) is 0 Å². The normalized spacial score (nSPS) is 12.5. The third-order valence-electron chi connectivity index (χ3n) is 1.69. The van der Waals surface area contributed by atoms with E-state index in [1.54, 1.807) is 34.9 Å². The summed E-state index contributed by atoms with van der Waals surface area (Å²) in [5.74, 6) is -0.269. The van der Waals surface area contributed by atoms with Crippen LogP contribution >= 0.6 is 0 Å². The molecule has 0 rings (SSSR count). The number of nitrogens with one attached hydrogen (secondary N) is 1. The zero-order valence-corrected chi connectivity index (χ0v) is 8.92. The van der Waals surface area contributed by atoms with Gasteiger partial charge >= 0.3 is 0 Å². The lowest BCUT2D eigenvalue weighted by Gasteiger charge is -2.18. The minimum absolute atomic E-state index is 0.0857. The van der Waals surface area contributed by atoms with Crippen molar-refractivity contribution in [1.29, 1.82) is 0 Å². The topological polar surface area (TPSA) is 49.4 Å². The molecular formula is C9H18N2O2. The summed E-state index contributed by atoms with van der Waals surface area (Å²) in [4.78, 5) is 24.0. The van der Waals surface area contributed by atoms with Crippen LogP contribution in [0.3, 0.4) is 0 Å². The molecule has 0 radical (unpaired) electrons. The van der Waals surface area contributed by atoms with E-state index >= 15 is 0 Å². The molecule has 0 bridgehead atoms. The predicted octanol–water partition coefficient (Wildman–Crippen LogP) is 0.235. The maximum absolute atomic E-state index is 11.3. The molecule has 0 aromatic carbocycles. The average Bonchev–Trinajstić information content (AvgIpc) is 2.02. The second-order valence-corrected chi connectivity index (χ2v) is 3.62. The summed E-state index contributed by atoms with van der Waals surface area (Å²) >= 11 is 0. The molecule has 2 amide bonds. The Labute approximate surface area is 79.3 Å². The molecule has 0 aliphatic rings. The minimum atomic E-state index is -0.440. The van der Waals surface area contributed by atoms with Crippen molar-refractivity contribution in [2.45, 2.75) is 26.8 Å². The van der Waals surface area contributed by atoms with Crippen LogP contribution in [-0.4, -0.2) is 36.9 Å².